The maximum Gasteiger partial charge on any atom is 0.191 e. The zero-order chi connectivity index (χ0) is 19.4. The summed E-state index contributed by atoms with van der Waals surface area (Å²) in [5.74, 6) is 2.12. The van der Waals surface area contributed by atoms with Crippen molar-refractivity contribution >= 4 is 39.8 Å². The predicted octanol–water partition coefficient (Wildman–Crippen LogP) is 1.44. The fraction of sp³-hybridized carbons (Fsp3) is 0.588. The average molecular weight is 515 g/mol. The summed E-state index contributed by atoms with van der Waals surface area (Å²) in [7, 11) is 0.230. The van der Waals surface area contributed by atoms with Gasteiger partial charge in [0.1, 0.15) is 21.3 Å². The summed E-state index contributed by atoms with van der Waals surface area (Å²) in [6.45, 7) is 4.25. The molecule has 1 aromatic rings. The average Bonchev–Trinajstić information content (AvgIpc) is 2.61. The van der Waals surface area contributed by atoms with E-state index in [1.54, 1.807) is 14.2 Å². The van der Waals surface area contributed by atoms with Crippen LogP contribution in [0.5, 0.6) is 11.5 Å². The Kier molecular flexibility index (Phi) is 13.2. The summed E-state index contributed by atoms with van der Waals surface area (Å²) >= 11 is 0. The van der Waals surface area contributed by atoms with Crippen molar-refractivity contribution in [3.63, 3.8) is 0 Å². The molecule has 1 aromatic carbocycles. The van der Waals surface area contributed by atoms with Crippen LogP contribution >= 0.6 is 24.0 Å². The summed E-state index contributed by atoms with van der Waals surface area (Å²) in [6.07, 6.45) is 1.19. The van der Waals surface area contributed by atoms with Crippen LogP contribution in [0.2, 0.25) is 0 Å². The molecule has 0 bridgehead atoms. The van der Waals surface area contributed by atoms with Crippen molar-refractivity contribution in [2.24, 2.45) is 4.99 Å². The molecule has 0 saturated heterocycles. The van der Waals surface area contributed by atoms with E-state index in [1.807, 2.05) is 25.1 Å². The van der Waals surface area contributed by atoms with E-state index in [-0.39, 0.29) is 36.3 Å². The number of hydrogen-bond acceptors (Lipinski definition) is 6. The van der Waals surface area contributed by atoms with Crippen LogP contribution in [0.3, 0.4) is 0 Å². The molecular formula is C17H30IN3O5S. The van der Waals surface area contributed by atoms with Crippen molar-refractivity contribution in [2.75, 3.05) is 52.5 Å². The number of nitrogens with zero attached hydrogens (tertiary/aromatic N) is 1. The molecule has 10 heteroatoms. The number of halogens is 1. The van der Waals surface area contributed by atoms with E-state index in [0.717, 1.165) is 17.9 Å². The van der Waals surface area contributed by atoms with Crippen molar-refractivity contribution in [3.05, 3.63) is 23.8 Å². The number of ether oxygens (including phenoxy) is 3. The second kappa shape index (κ2) is 13.8. The van der Waals surface area contributed by atoms with Crippen molar-refractivity contribution in [2.45, 2.75) is 13.5 Å². The van der Waals surface area contributed by atoms with E-state index in [1.165, 1.54) is 6.26 Å². The molecule has 2 N–H and O–H groups in total. The van der Waals surface area contributed by atoms with E-state index in [4.69, 9.17) is 14.2 Å². The van der Waals surface area contributed by atoms with Crippen LogP contribution in [0.15, 0.2) is 23.2 Å². The number of guanidine groups is 1. The molecule has 1 rings (SSSR count). The van der Waals surface area contributed by atoms with E-state index in [0.29, 0.717) is 31.4 Å². The Morgan fingerprint density at radius 1 is 1.15 bits per heavy atom. The van der Waals surface area contributed by atoms with Crippen LogP contribution in [-0.4, -0.2) is 66.9 Å². The summed E-state index contributed by atoms with van der Waals surface area (Å²) in [5.41, 5.74) is 0.940. The maximum absolute atomic E-state index is 11.0. The molecule has 0 fully saturated rings. The highest BCUT2D eigenvalue weighted by Crippen LogP contribution is 2.25. The quantitative estimate of drug-likeness (QED) is 0.199. The lowest BCUT2D eigenvalue weighted by Crippen LogP contribution is -2.39. The number of rotatable bonds is 11. The normalized spacial score (nSPS) is 11.5. The molecule has 0 aliphatic heterocycles. The molecule has 0 aromatic heterocycles. The van der Waals surface area contributed by atoms with Crippen LogP contribution in [-0.2, 0) is 21.1 Å². The zero-order valence-corrected chi connectivity index (χ0v) is 19.4. The van der Waals surface area contributed by atoms with Crippen LogP contribution < -0.4 is 20.1 Å². The minimum absolute atomic E-state index is 0. The summed E-state index contributed by atoms with van der Waals surface area (Å²) < 4.78 is 37.9. The lowest BCUT2D eigenvalue weighted by atomic mass is 10.2. The smallest absolute Gasteiger partial charge is 0.191 e. The van der Waals surface area contributed by atoms with Gasteiger partial charge in [0.05, 0.1) is 39.7 Å². The second-order valence-electron chi connectivity index (χ2n) is 5.54. The van der Waals surface area contributed by atoms with Gasteiger partial charge in [0.2, 0.25) is 0 Å². The van der Waals surface area contributed by atoms with Gasteiger partial charge in [0.25, 0.3) is 0 Å². The van der Waals surface area contributed by atoms with Crippen LogP contribution in [0.4, 0.5) is 0 Å². The first-order valence-electron chi connectivity index (χ1n) is 8.38. The largest absolute Gasteiger partial charge is 0.497 e. The number of nitrogens with one attached hydrogen (secondary N) is 2. The molecule has 8 nitrogen and oxygen atoms in total. The third kappa shape index (κ3) is 11.2. The first kappa shape index (κ1) is 25.7. The topological polar surface area (TPSA) is 98.2 Å². The molecular weight excluding hydrogens is 485 g/mol. The fourth-order valence-corrected chi connectivity index (χ4v) is 2.46. The van der Waals surface area contributed by atoms with Gasteiger partial charge in [-0.15, -0.1) is 24.0 Å². The number of aliphatic imine (C=N–C) groups is 1. The molecule has 27 heavy (non-hydrogen) atoms. The molecule has 0 atom stereocenters. The Morgan fingerprint density at radius 3 is 2.48 bits per heavy atom. The van der Waals surface area contributed by atoms with Gasteiger partial charge < -0.3 is 24.8 Å². The van der Waals surface area contributed by atoms with Gasteiger partial charge in [-0.3, -0.25) is 0 Å². The standard InChI is InChI=1S/C17H29N3O5S.HI/c1-5-18-17(19-8-9-25-10-11-26(4,21)22)20-13-14-6-7-15(23-2)12-16(14)24-3;/h6-7,12H,5,8-11,13H2,1-4H3,(H2,18,19,20);1H. The van der Waals surface area contributed by atoms with E-state index in [2.05, 4.69) is 15.6 Å². The van der Waals surface area contributed by atoms with Crippen LogP contribution in [0.25, 0.3) is 0 Å². The Hall–Kier alpha value is -1.27. The van der Waals surface area contributed by atoms with Crippen molar-refractivity contribution in [1.29, 1.82) is 0 Å². The second-order valence-corrected chi connectivity index (χ2v) is 7.80. The Balaban J connectivity index is 0.00000676. The van der Waals surface area contributed by atoms with Crippen molar-refractivity contribution < 1.29 is 22.6 Å². The number of sulfone groups is 1. The fourth-order valence-electron chi connectivity index (χ4n) is 2.04. The minimum atomic E-state index is -2.99. The highest BCUT2D eigenvalue weighted by molar-refractivity contribution is 14.0. The van der Waals surface area contributed by atoms with Crippen LogP contribution in [0, 0.1) is 0 Å². The van der Waals surface area contributed by atoms with Gasteiger partial charge in [-0.1, -0.05) is 0 Å². The van der Waals surface area contributed by atoms with Gasteiger partial charge in [0, 0.05) is 31.0 Å². The predicted molar refractivity (Wildman–Crippen MR) is 118 cm³/mol. The number of hydrogen-bond donors (Lipinski definition) is 2. The minimum Gasteiger partial charge on any atom is -0.497 e. The molecule has 0 unspecified atom stereocenters. The molecule has 0 heterocycles. The highest BCUT2D eigenvalue weighted by atomic mass is 127. The van der Waals surface area contributed by atoms with E-state index >= 15 is 0 Å². The molecule has 0 amide bonds. The maximum atomic E-state index is 11.0. The molecule has 0 aliphatic rings. The molecule has 0 spiro atoms. The Bertz CT molecular complexity index is 683. The molecule has 0 radical (unpaired) electrons. The summed E-state index contributed by atoms with van der Waals surface area (Å²) in [6, 6.07) is 5.60. The molecule has 156 valence electrons. The Labute approximate surface area is 179 Å². The SMILES string of the molecule is CCNC(=NCc1ccc(OC)cc1OC)NCCOCCS(C)(=O)=O.I. The third-order valence-corrected chi connectivity index (χ3v) is 4.29. The van der Waals surface area contributed by atoms with Crippen molar-refractivity contribution in [3.8, 4) is 11.5 Å². The van der Waals surface area contributed by atoms with Gasteiger partial charge in [0.15, 0.2) is 5.96 Å². The monoisotopic (exact) mass is 515 g/mol. The zero-order valence-electron chi connectivity index (χ0n) is 16.3. The first-order chi connectivity index (χ1) is 12.4. The summed E-state index contributed by atoms with van der Waals surface area (Å²) in [4.78, 5) is 4.53. The van der Waals surface area contributed by atoms with Gasteiger partial charge in [-0.2, -0.15) is 0 Å². The van der Waals surface area contributed by atoms with Gasteiger partial charge in [-0.25, -0.2) is 13.4 Å². The lowest BCUT2D eigenvalue weighted by molar-refractivity contribution is 0.154. The molecule has 0 aliphatic carbocycles. The van der Waals surface area contributed by atoms with E-state index in [9.17, 15) is 8.42 Å². The number of methoxy groups -OCH3 is 2. The van der Waals surface area contributed by atoms with Gasteiger partial charge >= 0.3 is 0 Å². The Morgan fingerprint density at radius 2 is 1.89 bits per heavy atom. The number of benzene rings is 1. The molecule has 0 saturated carbocycles. The van der Waals surface area contributed by atoms with Crippen molar-refractivity contribution in [1.82, 2.24) is 10.6 Å². The first-order valence-corrected chi connectivity index (χ1v) is 10.4. The van der Waals surface area contributed by atoms with Crippen LogP contribution in [0.1, 0.15) is 12.5 Å². The lowest BCUT2D eigenvalue weighted by Gasteiger charge is -2.13. The van der Waals surface area contributed by atoms with Gasteiger partial charge in [-0.05, 0) is 19.1 Å². The highest BCUT2D eigenvalue weighted by Gasteiger charge is 2.06. The van der Waals surface area contributed by atoms with E-state index < -0.39 is 9.84 Å². The summed E-state index contributed by atoms with van der Waals surface area (Å²) in [5, 5.41) is 6.30. The third-order valence-electron chi connectivity index (χ3n) is 3.38.